The van der Waals surface area contributed by atoms with Crippen LogP contribution in [0, 0.1) is 13.8 Å². The Kier molecular flexibility index (Phi) is 3.41. The maximum absolute atomic E-state index is 5.15. The molecule has 4 heteroatoms. The van der Waals surface area contributed by atoms with E-state index >= 15 is 0 Å². The number of hydrogen-bond acceptors (Lipinski definition) is 4. The van der Waals surface area contributed by atoms with Crippen LogP contribution in [0.3, 0.4) is 0 Å². The first-order valence-electron chi connectivity index (χ1n) is 5.36. The maximum Gasteiger partial charge on any atom is 0.150 e. The molecule has 16 heavy (non-hydrogen) atoms. The normalized spacial score (nSPS) is 12.9. The molecule has 0 aliphatic rings. The first-order chi connectivity index (χ1) is 7.66. The van der Waals surface area contributed by atoms with Crippen molar-refractivity contribution < 1.29 is 4.52 Å². The van der Waals surface area contributed by atoms with E-state index in [0.29, 0.717) is 6.04 Å². The van der Waals surface area contributed by atoms with Gasteiger partial charge in [0, 0.05) is 17.0 Å². The fourth-order valence-electron chi connectivity index (χ4n) is 1.67. The fourth-order valence-corrected chi connectivity index (χ4v) is 2.63. The molecule has 2 rings (SSSR count). The van der Waals surface area contributed by atoms with Crippen molar-refractivity contribution in [2.45, 2.75) is 33.4 Å². The molecular weight excluding hydrogens is 220 g/mol. The lowest BCUT2D eigenvalue weighted by Gasteiger charge is -2.11. The Bertz CT molecular complexity index is 461. The van der Waals surface area contributed by atoms with Crippen molar-refractivity contribution in [2.75, 3.05) is 0 Å². The highest BCUT2D eigenvalue weighted by Crippen LogP contribution is 2.23. The summed E-state index contributed by atoms with van der Waals surface area (Å²) in [5, 5.41) is 9.42. The van der Waals surface area contributed by atoms with Crippen LogP contribution in [0.2, 0.25) is 0 Å². The zero-order valence-electron chi connectivity index (χ0n) is 9.78. The average Bonchev–Trinajstić information content (AvgIpc) is 2.84. The molecule has 1 N–H and O–H groups in total. The van der Waals surface area contributed by atoms with E-state index in [1.54, 1.807) is 11.3 Å². The molecule has 0 amide bonds. The molecule has 0 aliphatic carbocycles. The zero-order valence-corrected chi connectivity index (χ0v) is 10.6. The molecule has 0 saturated carbocycles. The second kappa shape index (κ2) is 4.80. The largest absolute Gasteiger partial charge is 0.360 e. The molecule has 0 saturated heterocycles. The fraction of sp³-hybridized carbons (Fsp3) is 0.417. The van der Waals surface area contributed by atoms with Gasteiger partial charge in [0.25, 0.3) is 0 Å². The summed E-state index contributed by atoms with van der Waals surface area (Å²) in [6.45, 7) is 6.96. The molecule has 1 unspecified atom stereocenters. The van der Waals surface area contributed by atoms with Gasteiger partial charge in [0.15, 0.2) is 5.76 Å². The number of rotatable bonds is 4. The second-order valence-corrected chi connectivity index (χ2v) is 4.95. The van der Waals surface area contributed by atoms with Crippen LogP contribution in [-0.2, 0) is 6.54 Å². The van der Waals surface area contributed by atoms with Gasteiger partial charge in [-0.2, -0.15) is 0 Å². The van der Waals surface area contributed by atoms with Gasteiger partial charge in [-0.1, -0.05) is 5.16 Å². The van der Waals surface area contributed by atoms with Crippen LogP contribution in [0.25, 0.3) is 0 Å². The van der Waals surface area contributed by atoms with Gasteiger partial charge in [-0.3, -0.25) is 0 Å². The average molecular weight is 236 g/mol. The van der Waals surface area contributed by atoms with E-state index in [1.807, 2.05) is 13.0 Å². The molecule has 0 fully saturated rings. The van der Waals surface area contributed by atoms with Gasteiger partial charge in [-0.25, -0.2) is 0 Å². The summed E-state index contributed by atoms with van der Waals surface area (Å²) in [6, 6.07) is 4.46. The van der Waals surface area contributed by atoms with Gasteiger partial charge in [-0.05, 0) is 37.8 Å². The number of thiophene rings is 1. The number of hydrogen-bond donors (Lipinski definition) is 1. The minimum Gasteiger partial charge on any atom is -0.360 e. The van der Waals surface area contributed by atoms with E-state index in [9.17, 15) is 0 Å². The summed E-state index contributed by atoms with van der Waals surface area (Å²) in [7, 11) is 0. The van der Waals surface area contributed by atoms with E-state index in [2.05, 4.69) is 35.8 Å². The first kappa shape index (κ1) is 11.4. The van der Waals surface area contributed by atoms with Crippen LogP contribution in [0.15, 0.2) is 22.0 Å². The Hall–Kier alpha value is -1.13. The smallest absolute Gasteiger partial charge is 0.150 e. The van der Waals surface area contributed by atoms with Crippen molar-refractivity contribution in [3.63, 3.8) is 0 Å². The second-order valence-electron chi connectivity index (χ2n) is 4.01. The van der Waals surface area contributed by atoms with Crippen molar-refractivity contribution >= 4 is 11.3 Å². The van der Waals surface area contributed by atoms with E-state index in [0.717, 1.165) is 18.0 Å². The molecular formula is C12H16N2OS. The van der Waals surface area contributed by atoms with Crippen LogP contribution < -0.4 is 5.32 Å². The SMILES string of the molecule is Cc1cc(CNC(C)c2sccc2C)on1. The first-order valence-corrected chi connectivity index (χ1v) is 6.24. The van der Waals surface area contributed by atoms with Gasteiger partial charge in [0.1, 0.15) is 0 Å². The monoisotopic (exact) mass is 236 g/mol. The van der Waals surface area contributed by atoms with Crippen molar-refractivity contribution in [3.05, 3.63) is 39.4 Å². The minimum absolute atomic E-state index is 0.352. The predicted octanol–water partition coefficient (Wildman–Crippen LogP) is 3.20. The van der Waals surface area contributed by atoms with E-state index in [-0.39, 0.29) is 0 Å². The lowest BCUT2D eigenvalue weighted by Crippen LogP contribution is -2.17. The molecule has 0 radical (unpaired) electrons. The van der Waals surface area contributed by atoms with Crippen LogP contribution in [0.5, 0.6) is 0 Å². The molecule has 2 aromatic heterocycles. The Morgan fingerprint density at radius 3 is 2.88 bits per heavy atom. The van der Waals surface area contributed by atoms with E-state index < -0.39 is 0 Å². The van der Waals surface area contributed by atoms with Gasteiger partial charge < -0.3 is 9.84 Å². The molecule has 1 atom stereocenters. The Morgan fingerprint density at radius 1 is 1.50 bits per heavy atom. The summed E-state index contributed by atoms with van der Waals surface area (Å²) >= 11 is 1.79. The summed E-state index contributed by atoms with van der Waals surface area (Å²) in [5.74, 6) is 0.888. The third-order valence-corrected chi connectivity index (χ3v) is 3.76. The minimum atomic E-state index is 0.352. The molecule has 86 valence electrons. The summed E-state index contributed by atoms with van der Waals surface area (Å²) < 4.78 is 5.15. The summed E-state index contributed by atoms with van der Waals surface area (Å²) in [4.78, 5) is 1.39. The third kappa shape index (κ3) is 2.51. The quantitative estimate of drug-likeness (QED) is 0.885. The van der Waals surface area contributed by atoms with Crippen molar-refractivity contribution in [1.82, 2.24) is 10.5 Å². The number of aryl methyl sites for hydroxylation is 2. The molecule has 0 aliphatic heterocycles. The topological polar surface area (TPSA) is 38.1 Å². The van der Waals surface area contributed by atoms with Crippen LogP contribution in [-0.4, -0.2) is 5.16 Å². The summed E-state index contributed by atoms with van der Waals surface area (Å²) in [5.41, 5.74) is 2.27. The van der Waals surface area contributed by atoms with Gasteiger partial charge >= 0.3 is 0 Å². The molecule has 2 aromatic rings. The molecule has 0 bridgehead atoms. The number of nitrogens with one attached hydrogen (secondary N) is 1. The molecule has 0 spiro atoms. The number of aromatic nitrogens is 1. The van der Waals surface area contributed by atoms with Crippen LogP contribution in [0.4, 0.5) is 0 Å². The highest BCUT2D eigenvalue weighted by atomic mass is 32.1. The van der Waals surface area contributed by atoms with E-state index in [1.165, 1.54) is 10.4 Å². The lowest BCUT2D eigenvalue weighted by atomic mass is 10.2. The van der Waals surface area contributed by atoms with Crippen molar-refractivity contribution in [2.24, 2.45) is 0 Å². The lowest BCUT2D eigenvalue weighted by molar-refractivity contribution is 0.363. The Morgan fingerprint density at radius 2 is 2.31 bits per heavy atom. The highest BCUT2D eigenvalue weighted by Gasteiger charge is 2.10. The van der Waals surface area contributed by atoms with E-state index in [4.69, 9.17) is 4.52 Å². The van der Waals surface area contributed by atoms with Gasteiger partial charge in [0.2, 0.25) is 0 Å². The zero-order chi connectivity index (χ0) is 11.5. The Balaban J connectivity index is 1.93. The van der Waals surface area contributed by atoms with Crippen molar-refractivity contribution in [3.8, 4) is 0 Å². The summed E-state index contributed by atoms with van der Waals surface area (Å²) in [6.07, 6.45) is 0. The highest BCUT2D eigenvalue weighted by molar-refractivity contribution is 7.10. The maximum atomic E-state index is 5.15. The van der Waals surface area contributed by atoms with Gasteiger partial charge in [-0.15, -0.1) is 11.3 Å². The Labute approximate surface area is 99.5 Å². The van der Waals surface area contributed by atoms with Gasteiger partial charge in [0.05, 0.1) is 12.2 Å². The molecule has 0 aromatic carbocycles. The van der Waals surface area contributed by atoms with Crippen LogP contribution in [0.1, 0.15) is 34.9 Å². The molecule has 2 heterocycles. The van der Waals surface area contributed by atoms with Crippen LogP contribution >= 0.6 is 11.3 Å². The standard InChI is InChI=1S/C12H16N2OS/c1-8-4-5-16-12(8)10(3)13-7-11-6-9(2)14-15-11/h4-6,10,13H,7H2,1-3H3. The molecule has 3 nitrogen and oxygen atoms in total. The third-order valence-electron chi connectivity index (χ3n) is 2.55. The van der Waals surface area contributed by atoms with Crippen molar-refractivity contribution in [1.29, 1.82) is 0 Å². The number of nitrogens with zero attached hydrogens (tertiary/aromatic N) is 1. The predicted molar refractivity (Wildman–Crippen MR) is 65.6 cm³/mol.